The summed E-state index contributed by atoms with van der Waals surface area (Å²) < 4.78 is 7.31. The molecule has 0 radical (unpaired) electrons. The van der Waals surface area contributed by atoms with Crippen LogP contribution in [0.2, 0.25) is 5.02 Å². The Morgan fingerprint density at radius 2 is 1.95 bits per heavy atom. The van der Waals surface area contributed by atoms with E-state index in [1.54, 1.807) is 17.8 Å². The van der Waals surface area contributed by atoms with Gasteiger partial charge in [-0.25, -0.2) is 4.68 Å². The SMILES string of the molecule is C[C@H](Oc1nn(-c2ccccc2)cc1Cl)C(=O)N1CCCC1. The van der Waals surface area contributed by atoms with Crippen molar-refractivity contribution in [1.29, 1.82) is 0 Å². The number of carbonyl (C=O) groups excluding carboxylic acids is 1. The van der Waals surface area contributed by atoms with Gasteiger partial charge in [-0.15, -0.1) is 5.10 Å². The van der Waals surface area contributed by atoms with E-state index in [1.165, 1.54) is 0 Å². The molecular formula is C16H18ClN3O2. The monoisotopic (exact) mass is 319 g/mol. The van der Waals surface area contributed by atoms with Crippen LogP contribution in [0.3, 0.4) is 0 Å². The lowest BCUT2D eigenvalue weighted by Gasteiger charge is -2.20. The zero-order valence-corrected chi connectivity index (χ0v) is 13.2. The molecule has 1 aromatic carbocycles. The maximum absolute atomic E-state index is 12.3. The molecule has 2 heterocycles. The van der Waals surface area contributed by atoms with Crippen LogP contribution in [0, 0.1) is 0 Å². The molecule has 0 unspecified atom stereocenters. The molecule has 1 amide bonds. The van der Waals surface area contributed by atoms with Crippen LogP contribution in [0.15, 0.2) is 36.5 Å². The summed E-state index contributed by atoms with van der Waals surface area (Å²) in [6.45, 7) is 3.34. The first-order valence-corrected chi connectivity index (χ1v) is 7.79. The maximum atomic E-state index is 12.3. The first kappa shape index (κ1) is 14.9. The van der Waals surface area contributed by atoms with E-state index >= 15 is 0 Å². The van der Waals surface area contributed by atoms with E-state index in [9.17, 15) is 4.79 Å². The molecule has 0 bridgehead atoms. The molecule has 0 spiro atoms. The van der Waals surface area contributed by atoms with Crippen molar-refractivity contribution < 1.29 is 9.53 Å². The molecule has 0 aliphatic carbocycles. The average Bonchev–Trinajstić information content (AvgIpc) is 3.18. The molecule has 1 aliphatic heterocycles. The number of rotatable bonds is 4. The molecule has 1 aliphatic rings. The topological polar surface area (TPSA) is 47.4 Å². The highest BCUT2D eigenvalue weighted by atomic mass is 35.5. The Morgan fingerprint density at radius 3 is 2.64 bits per heavy atom. The number of para-hydroxylation sites is 1. The number of hydrogen-bond donors (Lipinski definition) is 0. The minimum atomic E-state index is -0.588. The van der Waals surface area contributed by atoms with Gasteiger partial charge in [0.15, 0.2) is 6.10 Å². The highest BCUT2D eigenvalue weighted by Crippen LogP contribution is 2.25. The summed E-state index contributed by atoms with van der Waals surface area (Å²) in [4.78, 5) is 14.1. The molecule has 1 saturated heterocycles. The van der Waals surface area contributed by atoms with Gasteiger partial charge >= 0.3 is 0 Å². The van der Waals surface area contributed by atoms with E-state index in [2.05, 4.69) is 5.10 Å². The normalized spacial score (nSPS) is 15.8. The van der Waals surface area contributed by atoms with Gasteiger partial charge in [0.05, 0.1) is 11.9 Å². The summed E-state index contributed by atoms with van der Waals surface area (Å²) in [6.07, 6.45) is 3.21. The Balaban J connectivity index is 1.72. The highest BCUT2D eigenvalue weighted by Gasteiger charge is 2.26. The number of ether oxygens (including phenoxy) is 1. The van der Waals surface area contributed by atoms with Crippen molar-refractivity contribution in [2.24, 2.45) is 0 Å². The fourth-order valence-corrected chi connectivity index (χ4v) is 2.72. The third-order valence-electron chi connectivity index (χ3n) is 3.71. The van der Waals surface area contributed by atoms with Crippen molar-refractivity contribution in [3.8, 4) is 11.6 Å². The number of carbonyl (C=O) groups is 1. The summed E-state index contributed by atoms with van der Waals surface area (Å²) in [7, 11) is 0. The third-order valence-corrected chi connectivity index (χ3v) is 3.97. The van der Waals surface area contributed by atoms with E-state index < -0.39 is 6.10 Å². The number of halogens is 1. The van der Waals surface area contributed by atoms with Crippen molar-refractivity contribution in [1.82, 2.24) is 14.7 Å². The lowest BCUT2D eigenvalue weighted by atomic mass is 10.3. The molecule has 5 nitrogen and oxygen atoms in total. The Morgan fingerprint density at radius 1 is 1.27 bits per heavy atom. The Hall–Kier alpha value is -2.01. The van der Waals surface area contributed by atoms with Crippen molar-refractivity contribution in [3.05, 3.63) is 41.6 Å². The van der Waals surface area contributed by atoms with Gasteiger partial charge in [-0.1, -0.05) is 29.8 Å². The number of hydrogen-bond acceptors (Lipinski definition) is 3. The van der Waals surface area contributed by atoms with Crippen molar-refractivity contribution in [2.45, 2.75) is 25.9 Å². The number of aromatic nitrogens is 2. The predicted octanol–water partition coefficient (Wildman–Crippen LogP) is 2.92. The molecule has 2 aromatic rings. The summed E-state index contributed by atoms with van der Waals surface area (Å²) >= 11 is 6.17. The second-order valence-electron chi connectivity index (χ2n) is 5.35. The zero-order chi connectivity index (χ0) is 15.5. The minimum Gasteiger partial charge on any atom is -0.462 e. The summed E-state index contributed by atoms with van der Waals surface area (Å²) in [5.74, 6) is 0.272. The van der Waals surface area contributed by atoms with Crippen LogP contribution in [0.5, 0.6) is 5.88 Å². The van der Waals surface area contributed by atoms with Crippen LogP contribution in [0.4, 0.5) is 0 Å². The molecule has 1 atom stereocenters. The maximum Gasteiger partial charge on any atom is 0.263 e. The van der Waals surface area contributed by atoms with Crippen LogP contribution < -0.4 is 4.74 Å². The van der Waals surface area contributed by atoms with Gasteiger partial charge in [0.25, 0.3) is 11.8 Å². The number of amides is 1. The lowest BCUT2D eigenvalue weighted by Crippen LogP contribution is -2.38. The van der Waals surface area contributed by atoms with Gasteiger partial charge in [-0.2, -0.15) is 0 Å². The summed E-state index contributed by atoms with van der Waals surface area (Å²) in [6, 6.07) is 9.62. The van der Waals surface area contributed by atoms with Gasteiger partial charge in [0, 0.05) is 13.1 Å². The number of likely N-dealkylation sites (tertiary alicyclic amines) is 1. The largest absolute Gasteiger partial charge is 0.462 e. The quantitative estimate of drug-likeness (QED) is 0.870. The van der Waals surface area contributed by atoms with Crippen molar-refractivity contribution in [3.63, 3.8) is 0 Å². The van der Waals surface area contributed by atoms with E-state index in [0.29, 0.717) is 5.02 Å². The highest BCUT2D eigenvalue weighted by molar-refractivity contribution is 6.31. The van der Waals surface area contributed by atoms with Crippen molar-refractivity contribution in [2.75, 3.05) is 13.1 Å². The fourth-order valence-electron chi connectivity index (χ4n) is 2.54. The molecule has 1 aromatic heterocycles. The molecule has 22 heavy (non-hydrogen) atoms. The first-order chi connectivity index (χ1) is 10.6. The minimum absolute atomic E-state index is 0.0113. The Labute approximate surface area is 134 Å². The van der Waals surface area contributed by atoms with Crippen LogP contribution in [-0.4, -0.2) is 39.8 Å². The zero-order valence-electron chi connectivity index (χ0n) is 12.4. The van der Waals surface area contributed by atoms with Crippen molar-refractivity contribution >= 4 is 17.5 Å². The molecule has 0 N–H and O–H groups in total. The van der Waals surface area contributed by atoms with Gasteiger partial charge in [0.2, 0.25) is 0 Å². The molecule has 0 saturated carbocycles. The second-order valence-corrected chi connectivity index (χ2v) is 5.76. The van der Waals surface area contributed by atoms with Crippen LogP contribution >= 0.6 is 11.6 Å². The number of benzene rings is 1. The van der Waals surface area contributed by atoms with Gasteiger partial charge in [0.1, 0.15) is 5.02 Å². The van der Waals surface area contributed by atoms with Gasteiger partial charge in [-0.3, -0.25) is 4.79 Å². The molecule has 3 rings (SSSR count). The van der Waals surface area contributed by atoms with Gasteiger partial charge in [-0.05, 0) is 31.9 Å². The third kappa shape index (κ3) is 3.09. The smallest absolute Gasteiger partial charge is 0.263 e. The summed E-state index contributed by atoms with van der Waals surface area (Å²) in [5, 5.41) is 4.71. The standard InChI is InChI=1S/C16H18ClN3O2/c1-12(16(21)19-9-5-6-10-19)22-15-14(17)11-20(18-15)13-7-3-2-4-8-13/h2-4,7-8,11-12H,5-6,9-10H2,1H3/t12-/m0/s1. The Bertz CT molecular complexity index is 651. The average molecular weight is 320 g/mol. The fraction of sp³-hybridized carbons (Fsp3) is 0.375. The first-order valence-electron chi connectivity index (χ1n) is 7.41. The van der Waals surface area contributed by atoms with Crippen LogP contribution in [-0.2, 0) is 4.79 Å². The van der Waals surface area contributed by atoms with E-state index in [0.717, 1.165) is 31.6 Å². The van der Waals surface area contributed by atoms with Crippen LogP contribution in [0.1, 0.15) is 19.8 Å². The molecule has 1 fully saturated rings. The molecule has 6 heteroatoms. The van der Waals surface area contributed by atoms with Crippen LogP contribution in [0.25, 0.3) is 5.69 Å². The number of nitrogens with zero attached hydrogens (tertiary/aromatic N) is 3. The Kier molecular flexibility index (Phi) is 4.34. The van der Waals surface area contributed by atoms with Gasteiger partial charge < -0.3 is 9.64 Å². The van der Waals surface area contributed by atoms with E-state index in [1.807, 2.05) is 35.2 Å². The van der Waals surface area contributed by atoms with E-state index in [4.69, 9.17) is 16.3 Å². The lowest BCUT2D eigenvalue weighted by molar-refractivity contribution is -0.136. The molecular weight excluding hydrogens is 302 g/mol. The second kappa shape index (κ2) is 6.40. The predicted molar refractivity (Wildman–Crippen MR) is 84.5 cm³/mol. The van der Waals surface area contributed by atoms with E-state index in [-0.39, 0.29) is 11.8 Å². The summed E-state index contributed by atoms with van der Waals surface area (Å²) in [5.41, 5.74) is 0.887. The molecule has 116 valence electrons.